The van der Waals surface area contributed by atoms with E-state index in [4.69, 9.17) is 17.0 Å². The first-order chi connectivity index (χ1) is 15.8. The Kier molecular flexibility index (Phi) is 5.05. The Bertz CT molecular complexity index is 1250. The molecule has 180 valence electrons. The van der Waals surface area contributed by atoms with Gasteiger partial charge in [-0.05, 0) is 32.1 Å². The minimum atomic E-state index is -2.98. The summed E-state index contributed by atoms with van der Waals surface area (Å²) in [5, 5.41) is 58.2. The molecule has 1 saturated carbocycles. The van der Waals surface area contributed by atoms with Crippen molar-refractivity contribution in [1.82, 2.24) is 4.90 Å². The lowest BCUT2D eigenvalue weighted by Gasteiger charge is -2.52. The van der Waals surface area contributed by atoms with Gasteiger partial charge in [0.15, 0.2) is 17.1 Å². The molecule has 1 fully saturated rings. The van der Waals surface area contributed by atoms with Gasteiger partial charge in [-0.2, -0.15) is 5.11 Å². The summed E-state index contributed by atoms with van der Waals surface area (Å²) >= 11 is 0. The first-order valence-corrected chi connectivity index (χ1v) is 10.1. The summed E-state index contributed by atoms with van der Waals surface area (Å²) < 4.78 is 0. The van der Waals surface area contributed by atoms with Crippen molar-refractivity contribution < 1.29 is 39.9 Å². The molecule has 0 bridgehead atoms. The number of aromatic hydroxyl groups is 1. The van der Waals surface area contributed by atoms with Crippen LogP contribution in [0.1, 0.15) is 11.1 Å². The van der Waals surface area contributed by atoms with E-state index in [1.165, 1.54) is 25.1 Å². The van der Waals surface area contributed by atoms with Crippen molar-refractivity contribution in [3.63, 3.8) is 0 Å². The van der Waals surface area contributed by atoms with Crippen molar-refractivity contribution in [1.29, 1.82) is 5.53 Å². The quantitative estimate of drug-likeness (QED) is 0.117. The van der Waals surface area contributed by atoms with Crippen LogP contribution in [0.3, 0.4) is 0 Å². The van der Waals surface area contributed by atoms with E-state index in [-0.39, 0.29) is 28.9 Å². The fourth-order valence-electron chi connectivity index (χ4n) is 5.42. The maximum absolute atomic E-state index is 13.7. The number of nitrogens with two attached hydrogens (primary N) is 2. The molecule has 0 aliphatic heterocycles. The Hall–Kier alpha value is -3.81. The number of anilines is 1. The molecule has 0 aromatic heterocycles. The molecule has 3 aliphatic rings. The summed E-state index contributed by atoms with van der Waals surface area (Å²) in [6.45, 7) is 0. The molecule has 10 N–H and O–H groups in total. The highest BCUT2D eigenvalue weighted by Crippen LogP contribution is 2.54. The number of benzene rings is 1. The Balaban J connectivity index is 2.06. The number of amides is 1. The van der Waals surface area contributed by atoms with Crippen LogP contribution in [0.25, 0.3) is 5.76 Å². The van der Waals surface area contributed by atoms with Gasteiger partial charge < -0.3 is 37.0 Å². The first kappa shape index (κ1) is 23.4. The first-order valence-electron chi connectivity index (χ1n) is 10.1. The number of hydrogen-bond donors (Lipinski definition) is 8. The van der Waals surface area contributed by atoms with Gasteiger partial charge >= 0.3 is 0 Å². The number of aliphatic hydroxyl groups is 4. The third-order valence-electron chi connectivity index (χ3n) is 6.94. The number of carbonyl (C=O) groups excluding carboxylic acids is 3. The summed E-state index contributed by atoms with van der Waals surface area (Å²) in [7, 11) is 2.84. The molecule has 0 spiro atoms. The standard InChI is InChI=1S/C21H23N5O8/c1-26(2)13-12-14(27)6-3-5-7(22)4-8(25-24)15(28)9(5)16(29)10(6)18(31)21(12,34)19(32)11(17(13)30)20(23)33/h4,6,12-14,24,27-29,32,34H,3,22H2,1-2H3,(H2,23,33)/t6?,12?,13-,14-,21-/m0/s1. The molecule has 3 aliphatic carbocycles. The molecular weight excluding hydrogens is 450 g/mol. The highest BCUT2D eigenvalue weighted by molar-refractivity contribution is 6.24. The lowest BCUT2D eigenvalue weighted by atomic mass is 9.56. The Labute approximate surface area is 192 Å². The minimum Gasteiger partial charge on any atom is -0.508 e. The molecule has 4 rings (SSSR count). The molecule has 1 aromatic carbocycles. The summed E-state index contributed by atoms with van der Waals surface area (Å²) in [5.74, 6) is -9.29. The molecule has 13 heteroatoms. The maximum atomic E-state index is 13.7. The van der Waals surface area contributed by atoms with Gasteiger partial charge in [0.2, 0.25) is 5.78 Å². The second-order valence-corrected chi connectivity index (χ2v) is 8.84. The summed E-state index contributed by atoms with van der Waals surface area (Å²) in [5.41, 5.74) is 13.5. The van der Waals surface area contributed by atoms with Gasteiger partial charge in [-0.25, -0.2) is 5.53 Å². The third kappa shape index (κ3) is 2.68. The van der Waals surface area contributed by atoms with Gasteiger partial charge in [0.1, 0.15) is 22.8 Å². The predicted molar refractivity (Wildman–Crippen MR) is 115 cm³/mol. The predicted octanol–water partition coefficient (Wildman–Crippen LogP) is -0.821. The van der Waals surface area contributed by atoms with Crippen molar-refractivity contribution in [2.75, 3.05) is 19.8 Å². The van der Waals surface area contributed by atoms with Crippen LogP contribution in [0.15, 0.2) is 28.1 Å². The number of Topliss-reactive ketones (excluding diaryl/α,β-unsaturated/α-hetero) is 2. The SMILES string of the molecule is CN(C)[C@@H]1C(=O)C(C(N)=O)=C(O)[C@@]2(O)C(=O)C3=C(O)c4c(O)c(N=N)cc(N)c4CC3[C@H](O)C12. The topological polar surface area (TPSA) is 244 Å². The zero-order chi connectivity index (χ0) is 25.4. The fourth-order valence-corrected chi connectivity index (χ4v) is 5.42. The van der Waals surface area contributed by atoms with Crippen molar-refractivity contribution >= 4 is 34.6 Å². The Morgan fingerprint density at radius 2 is 1.88 bits per heavy atom. The number of hydrogen-bond acceptors (Lipinski definition) is 12. The van der Waals surface area contributed by atoms with E-state index in [1.807, 2.05) is 0 Å². The number of primary amides is 1. The number of phenolic OH excluding ortho intramolecular Hbond substituents is 1. The molecule has 0 heterocycles. The van der Waals surface area contributed by atoms with Crippen LogP contribution >= 0.6 is 0 Å². The second-order valence-electron chi connectivity index (χ2n) is 8.84. The molecule has 13 nitrogen and oxygen atoms in total. The highest BCUT2D eigenvalue weighted by atomic mass is 16.4. The van der Waals surface area contributed by atoms with Crippen LogP contribution < -0.4 is 11.5 Å². The average molecular weight is 473 g/mol. The highest BCUT2D eigenvalue weighted by Gasteiger charge is 2.67. The number of ketones is 2. The Morgan fingerprint density at radius 3 is 2.41 bits per heavy atom. The molecule has 5 atom stereocenters. The maximum Gasteiger partial charge on any atom is 0.255 e. The van der Waals surface area contributed by atoms with Gasteiger partial charge in [0.05, 0.1) is 23.6 Å². The van der Waals surface area contributed by atoms with Gasteiger partial charge in [-0.3, -0.25) is 19.3 Å². The van der Waals surface area contributed by atoms with E-state index < -0.39 is 75.5 Å². The number of phenols is 1. The van der Waals surface area contributed by atoms with E-state index in [0.29, 0.717) is 0 Å². The number of aliphatic hydroxyl groups excluding tert-OH is 3. The van der Waals surface area contributed by atoms with Crippen molar-refractivity contribution in [2.24, 2.45) is 22.7 Å². The zero-order valence-electron chi connectivity index (χ0n) is 18.1. The van der Waals surface area contributed by atoms with Crippen molar-refractivity contribution in [3.05, 3.63) is 34.1 Å². The number of nitrogen functional groups attached to an aromatic ring is 1. The minimum absolute atomic E-state index is 0.0209. The number of likely N-dealkylation sites (N-methyl/N-ethyl adjacent to an activating group) is 1. The third-order valence-corrected chi connectivity index (χ3v) is 6.94. The number of carbonyl (C=O) groups is 3. The lowest BCUT2D eigenvalue weighted by molar-refractivity contribution is -0.168. The Morgan fingerprint density at radius 1 is 1.26 bits per heavy atom. The van der Waals surface area contributed by atoms with Crippen LogP contribution in [0.2, 0.25) is 0 Å². The number of fused-ring (bicyclic) bond motifs is 3. The van der Waals surface area contributed by atoms with Gasteiger partial charge in [0.25, 0.3) is 5.91 Å². The lowest BCUT2D eigenvalue weighted by Crippen LogP contribution is -2.70. The van der Waals surface area contributed by atoms with E-state index in [1.54, 1.807) is 0 Å². The van der Waals surface area contributed by atoms with Gasteiger partial charge in [-0.1, -0.05) is 0 Å². The molecule has 1 amide bonds. The van der Waals surface area contributed by atoms with E-state index >= 15 is 0 Å². The number of nitrogens with one attached hydrogen (secondary N) is 1. The summed E-state index contributed by atoms with van der Waals surface area (Å²) in [6, 6.07) is -0.240. The average Bonchev–Trinajstić information content (AvgIpc) is 2.75. The van der Waals surface area contributed by atoms with Crippen molar-refractivity contribution in [2.45, 2.75) is 24.2 Å². The van der Waals surface area contributed by atoms with Crippen LogP contribution in [-0.2, 0) is 20.8 Å². The van der Waals surface area contributed by atoms with E-state index in [9.17, 15) is 39.9 Å². The number of rotatable bonds is 3. The fraction of sp³-hybridized carbons (Fsp3) is 0.381. The number of nitrogens with zero attached hydrogens (tertiary/aromatic N) is 2. The molecule has 2 unspecified atom stereocenters. The van der Waals surface area contributed by atoms with Crippen LogP contribution in [0, 0.1) is 17.4 Å². The molecule has 0 radical (unpaired) electrons. The largest absolute Gasteiger partial charge is 0.508 e. The van der Waals surface area contributed by atoms with E-state index in [0.717, 1.165) is 0 Å². The summed E-state index contributed by atoms with van der Waals surface area (Å²) in [4.78, 5) is 39.9. The van der Waals surface area contributed by atoms with E-state index in [2.05, 4.69) is 5.11 Å². The summed E-state index contributed by atoms with van der Waals surface area (Å²) in [6.07, 6.45) is -1.88. The monoisotopic (exact) mass is 473 g/mol. The molecule has 0 saturated heterocycles. The smallest absolute Gasteiger partial charge is 0.255 e. The van der Waals surface area contributed by atoms with Gasteiger partial charge in [0, 0.05) is 17.2 Å². The molecular formula is C21H23N5O8. The van der Waals surface area contributed by atoms with Gasteiger partial charge in [-0.15, -0.1) is 0 Å². The molecule has 34 heavy (non-hydrogen) atoms. The van der Waals surface area contributed by atoms with Crippen LogP contribution in [0.5, 0.6) is 5.75 Å². The zero-order valence-corrected chi connectivity index (χ0v) is 18.1. The normalized spacial score (nSPS) is 30.7. The van der Waals surface area contributed by atoms with Crippen LogP contribution in [-0.4, -0.2) is 79.7 Å². The van der Waals surface area contributed by atoms with Crippen LogP contribution in [0.4, 0.5) is 11.4 Å². The molecule has 1 aromatic rings. The van der Waals surface area contributed by atoms with Crippen molar-refractivity contribution in [3.8, 4) is 5.75 Å². The second kappa shape index (κ2) is 7.35.